The van der Waals surface area contributed by atoms with Crippen molar-refractivity contribution in [3.63, 3.8) is 0 Å². The molecule has 1 aromatic carbocycles. The van der Waals surface area contributed by atoms with Crippen molar-refractivity contribution in [2.75, 3.05) is 156 Å². The van der Waals surface area contributed by atoms with Gasteiger partial charge in [-0.1, -0.05) is 199 Å². The zero-order chi connectivity index (χ0) is 104. The molecule has 0 N–H and O–H groups in total. The number of allylic oxidation sites excluding steroid dienone is 11. The molecule has 4 saturated carbocycles. The minimum Gasteiger partial charge on any atom is -0.420 e. The Morgan fingerprint density at radius 1 is 0.336 bits per heavy atom. The van der Waals surface area contributed by atoms with Gasteiger partial charge in [-0.15, -0.1) is 6.58 Å². The quantitative estimate of drug-likeness (QED) is 0.0438. The van der Waals surface area contributed by atoms with Crippen LogP contribution in [0.4, 0.5) is 0 Å². The Kier molecular flexibility index (Phi) is 79.9. The first-order valence-corrected chi connectivity index (χ1v) is 88.2. The summed E-state index contributed by atoms with van der Waals surface area (Å²) in [5.74, 6) is 3.92. The number of hydrogen-bond acceptors (Lipinski definition) is 23. The molecule has 1 aromatic rings. The Hall–Kier alpha value is -0.224. The molecule has 850 valence electrons. The Labute approximate surface area is 899 Å². The smallest absolute Gasteiger partial charge is 0.420 e. The molecule has 0 spiro atoms. The Bertz CT molecular complexity index is 3480. The van der Waals surface area contributed by atoms with Gasteiger partial charge in [0.25, 0.3) is 0 Å². The predicted molar refractivity (Wildman–Crippen MR) is 644 cm³/mol. The fourth-order valence-corrected chi connectivity index (χ4v) is 94.3. The van der Waals surface area contributed by atoms with Gasteiger partial charge in [0.2, 0.25) is 25.0 Å². The maximum atomic E-state index is 6.37. The second-order valence-corrected chi connectivity index (χ2v) is 94.8. The molecule has 4 fully saturated rings. The van der Waals surface area contributed by atoms with Gasteiger partial charge in [0, 0.05) is 201 Å². The largest absolute Gasteiger partial charge is 0.499 e. The zero-order valence-electron chi connectivity index (χ0n) is 94.3. The number of fused-ring (bicyclic) bond motifs is 4. The van der Waals surface area contributed by atoms with Crippen molar-refractivity contribution in [1.29, 1.82) is 0 Å². The highest BCUT2D eigenvalue weighted by Gasteiger charge is 2.59. The lowest BCUT2D eigenvalue weighted by molar-refractivity contribution is 0.126. The fraction of sp³-hybridized carbons (Fsp3) is 0.830. The fourth-order valence-electron chi connectivity index (χ4n) is 23.1. The normalized spacial score (nSPS) is 21.2. The van der Waals surface area contributed by atoms with Crippen molar-refractivity contribution < 1.29 is 102 Å². The molecule has 13 unspecified atom stereocenters. The molecule has 37 heteroatoms. The van der Waals surface area contributed by atoms with Crippen molar-refractivity contribution >= 4 is 124 Å². The summed E-state index contributed by atoms with van der Waals surface area (Å²) in [5.41, 5.74) is 10.9. The van der Waals surface area contributed by atoms with Crippen molar-refractivity contribution in [2.45, 2.75) is 392 Å². The second kappa shape index (κ2) is 75.6. The van der Waals surface area contributed by atoms with E-state index < -0.39 is 119 Å². The Morgan fingerprint density at radius 3 is 1.03 bits per heavy atom. The number of rotatable bonds is 61. The van der Waals surface area contributed by atoms with Crippen LogP contribution in [0.2, 0.25) is 146 Å². The third kappa shape index (κ3) is 49.4. The summed E-state index contributed by atoms with van der Waals surface area (Å²) in [7, 11) is -15.0. The lowest BCUT2D eigenvalue weighted by atomic mass is 9.95. The standard InChI is InChI=1S/C18H36O3Si2.C15H34O3Si2.C15H28O3Si2.C14H28O3Si2.C13H28O4Si2.C13H26O4Si2.C12H28O3Si2.6CH4/c1-8-19-22(6,15-23(7,20-9-2)21-10-3)18-13-11-17(12-14-18)16(4)5;2*1-6-16-19(4,15-12-10-9-11-13-15)14-20(5,17-7-2)18-8-3;1-6-15-18(4,14-11-9-10-12-14)13-19(5,16-7-2)17-8-3;2*1-14-18(5,10-19(15-2,16-3)17-4)13-9-11-6-7-12(13)8-11;1-7-11-16(5,13-8-2)12-17(6,14-9-3)15-10-4;;;;;;/h11,13,16H,8-10,12,14-15H2,1-7H3;15H,6-14H2,1-5H3;9-13H,6-8,14H2,1-5H3;9-12,14H,6-8,13H2,1-5H3;11-13H,6-10H2,1-5H3;6-7,11-13H,8-10H2,1-5H3;7H,1,8-12H2,2-6H3;6*1H4. The molecule has 8 rings (SSSR count). The van der Waals surface area contributed by atoms with E-state index in [1.54, 1.807) is 48.2 Å². The zero-order valence-corrected chi connectivity index (χ0v) is 108. The molecular weight excluding hydrogens is 2030 g/mol. The molecule has 0 radical (unpaired) electrons. The van der Waals surface area contributed by atoms with Crippen LogP contribution in [-0.2, 0) is 102 Å². The van der Waals surface area contributed by atoms with E-state index in [1.165, 1.54) is 87.4 Å². The van der Waals surface area contributed by atoms with Crippen LogP contribution in [0.5, 0.6) is 0 Å². The lowest BCUT2D eigenvalue weighted by Crippen LogP contribution is -2.56. The van der Waals surface area contributed by atoms with Crippen LogP contribution in [0, 0.1) is 29.6 Å². The van der Waals surface area contributed by atoms with Gasteiger partial charge in [-0.05, 0) is 278 Å². The molecule has 143 heavy (non-hydrogen) atoms. The monoisotopic (exact) mass is 2270 g/mol. The van der Waals surface area contributed by atoms with Gasteiger partial charge in [-0.25, -0.2) is 0 Å². The molecule has 13 atom stereocenters. The van der Waals surface area contributed by atoms with Crippen LogP contribution in [0.25, 0.3) is 0 Å². The highest BCUT2D eigenvalue weighted by atomic mass is 28.4. The number of benzene rings is 1. The van der Waals surface area contributed by atoms with Gasteiger partial charge in [-0.3, -0.25) is 0 Å². The molecule has 7 aliphatic rings. The van der Waals surface area contributed by atoms with Crippen LogP contribution in [-0.4, -0.2) is 275 Å². The maximum Gasteiger partial charge on any atom is 0.499 e. The van der Waals surface area contributed by atoms with E-state index in [0.29, 0.717) is 49.3 Å². The highest BCUT2D eigenvalue weighted by molar-refractivity contribution is 6.96. The first-order valence-electron chi connectivity index (χ1n) is 52.9. The molecule has 7 aliphatic carbocycles. The molecule has 0 amide bonds. The van der Waals surface area contributed by atoms with E-state index in [-0.39, 0.29) is 44.6 Å². The van der Waals surface area contributed by atoms with Gasteiger partial charge >= 0.3 is 60.4 Å². The predicted octanol–water partition coefficient (Wildman–Crippen LogP) is 29.4. The molecule has 0 saturated heterocycles. The molecule has 0 heterocycles. The Balaban J connectivity index is -0.000000515. The van der Waals surface area contributed by atoms with Gasteiger partial charge in [0.15, 0.2) is 33.3 Å². The lowest BCUT2D eigenvalue weighted by Gasteiger charge is -2.41. The van der Waals surface area contributed by atoms with E-state index >= 15 is 0 Å². The van der Waals surface area contributed by atoms with Crippen LogP contribution in [0.1, 0.15) is 246 Å². The summed E-state index contributed by atoms with van der Waals surface area (Å²) in [6.07, 6.45) is 37.5. The number of hydrogen-bond donors (Lipinski definition) is 0. The second-order valence-electron chi connectivity index (χ2n) is 40.3. The van der Waals surface area contributed by atoms with Gasteiger partial charge < -0.3 is 102 Å². The summed E-state index contributed by atoms with van der Waals surface area (Å²) in [6, 6.07) is 11.5. The highest BCUT2D eigenvalue weighted by Crippen LogP contribution is 2.58. The van der Waals surface area contributed by atoms with Crippen molar-refractivity contribution in [3.05, 3.63) is 102 Å². The van der Waals surface area contributed by atoms with Crippen LogP contribution < -0.4 is 5.19 Å². The third-order valence-electron chi connectivity index (χ3n) is 29.2. The van der Waals surface area contributed by atoms with Gasteiger partial charge in [0.1, 0.15) is 0 Å². The molecule has 23 nitrogen and oxygen atoms in total. The molecule has 0 aromatic heterocycles. The van der Waals surface area contributed by atoms with Crippen LogP contribution in [0.15, 0.2) is 102 Å². The third-order valence-corrected chi connectivity index (χ3v) is 97.6. The summed E-state index contributed by atoms with van der Waals surface area (Å²) < 4.78 is 137. The van der Waals surface area contributed by atoms with E-state index in [9.17, 15) is 0 Å². The first-order chi connectivity index (χ1) is 64.8. The average Bonchev–Trinajstić information content (AvgIpc) is 1.62. The maximum absolute atomic E-state index is 6.37. The van der Waals surface area contributed by atoms with Crippen molar-refractivity contribution in [3.8, 4) is 0 Å². The minimum absolute atomic E-state index is 0. The van der Waals surface area contributed by atoms with Crippen LogP contribution >= 0.6 is 0 Å². The topological polar surface area (TPSA) is 212 Å². The molecular formula is C106H232O23Si14. The van der Waals surface area contributed by atoms with Crippen molar-refractivity contribution in [1.82, 2.24) is 0 Å². The summed E-state index contributed by atoms with van der Waals surface area (Å²) in [6.45, 7) is 77.5. The molecule has 4 bridgehead atoms. The van der Waals surface area contributed by atoms with Gasteiger partial charge in [-0.2, -0.15) is 0 Å². The van der Waals surface area contributed by atoms with E-state index in [0.717, 1.165) is 154 Å². The summed E-state index contributed by atoms with van der Waals surface area (Å²) in [5, 5.41) is 2.84. The van der Waals surface area contributed by atoms with E-state index in [1.807, 2.05) is 67.9 Å². The van der Waals surface area contributed by atoms with Crippen molar-refractivity contribution in [2.24, 2.45) is 29.6 Å². The summed E-state index contributed by atoms with van der Waals surface area (Å²) >= 11 is 0. The molecule has 0 aliphatic heterocycles. The average molecular weight is 2270 g/mol. The Morgan fingerprint density at radius 2 is 0.706 bits per heavy atom. The first kappa shape index (κ1) is 151. The van der Waals surface area contributed by atoms with Gasteiger partial charge in [0.05, 0.1) is 0 Å². The summed E-state index contributed by atoms with van der Waals surface area (Å²) in [4.78, 5) is 0. The van der Waals surface area contributed by atoms with E-state index in [4.69, 9.17) is 102 Å². The van der Waals surface area contributed by atoms with Crippen LogP contribution in [0.3, 0.4) is 0 Å². The SMILES string of the molecule is C.C.C.C.C.C.C=CC[Si](C)(C[Si](C)(OCC)OCC)OCC.CCO[Si](C)(C[Si](C)(OCC)C1=CC=C(C(C)C)CC1)OCC.CCO[Si](C)(C[Si](C)(OCC)C1C=CC=C1)OCC.CCO[Si](C)(C[Si](C)(OCC)C1CCCCC1)OCC.CCO[Si](C)(C[Si](C)(OCC)c1ccccc1)OCC.CO[Si](C[Si](C)(OC)C1CC2C=CC1C2)(OC)OC.CO[Si](C[Si](C)(OC)C1CC2CCC1C2)(OC)OC. The van der Waals surface area contributed by atoms with E-state index in [2.05, 4.69) is 234 Å². The minimum atomic E-state index is -2.56.